The van der Waals surface area contributed by atoms with E-state index >= 15 is 0 Å². The van der Waals surface area contributed by atoms with Gasteiger partial charge in [-0.15, -0.1) is 12.4 Å². The van der Waals surface area contributed by atoms with Gasteiger partial charge in [-0.3, -0.25) is 0 Å². The van der Waals surface area contributed by atoms with E-state index in [1.165, 1.54) is 18.2 Å². The number of hydrogen-bond donors (Lipinski definition) is 1. The largest absolute Gasteiger partial charge is 0.489 e. The third-order valence-corrected chi connectivity index (χ3v) is 2.53. The number of nitrogens with one attached hydrogen (secondary N) is 1. The first-order valence-corrected chi connectivity index (χ1v) is 5.72. The molecule has 0 aliphatic heterocycles. The van der Waals surface area contributed by atoms with Crippen LogP contribution in [0.4, 0.5) is 4.39 Å². The fourth-order valence-corrected chi connectivity index (χ4v) is 1.52. The van der Waals surface area contributed by atoms with Crippen molar-refractivity contribution in [3.05, 3.63) is 29.6 Å². The third-order valence-electron chi connectivity index (χ3n) is 2.53. The Morgan fingerprint density at radius 2 is 2.22 bits per heavy atom. The first-order chi connectivity index (χ1) is 8.21. The molecule has 0 saturated carbocycles. The van der Waals surface area contributed by atoms with E-state index in [9.17, 15) is 4.39 Å². The van der Waals surface area contributed by atoms with Crippen molar-refractivity contribution < 1.29 is 9.13 Å². The van der Waals surface area contributed by atoms with E-state index in [2.05, 4.69) is 5.32 Å². The van der Waals surface area contributed by atoms with E-state index in [-0.39, 0.29) is 24.1 Å². The molecular formula is C13H18ClFN2O. The van der Waals surface area contributed by atoms with Crippen molar-refractivity contribution in [3.8, 4) is 11.8 Å². The van der Waals surface area contributed by atoms with E-state index in [0.29, 0.717) is 5.75 Å². The minimum atomic E-state index is -0.419. The minimum Gasteiger partial charge on any atom is -0.489 e. The minimum absolute atomic E-state index is 0. The van der Waals surface area contributed by atoms with Crippen LogP contribution in [-0.2, 0) is 0 Å². The van der Waals surface area contributed by atoms with Gasteiger partial charge in [-0.1, -0.05) is 6.92 Å². The highest BCUT2D eigenvalue weighted by atomic mass is 35.5. The molecule has 1 aromatic rings. The van der Waals surface area contributed by atoms with Crippen LogP contribution < -0.4 is 10.1 Å². The second-order valence-electron chi connectivity index (χ2n) is 3.79. The molecule has 1 unspecified atom stereocenters. The molecule has 0 aliphatic rings. The average molecular weight is 273 g/mol. The Labute approximate surface area is 113 Å². The first-order valence-electron chi connectivity index (χ1n) is 5.72. The summed E-state index contributed by atoms with van der Waals surface area (Å²) in [4.78, 5) is 0. The molecule has 100 valence electrons. The van der Waals surface area contributed by atoms with Gasteiger partial charge in [0, 0.05) is 0 Å². The highest BCUT2D eigenvalue weighted by Crippen LogP contribution is 2.21. The Morgan fingerprint density at radius 3 is 2.78 bits per heavy atom. The summed E-state index contributed by atoms with van der Waals surface area (Å²) in [6.07, 6.45) is 1.75. The van der Waals surface area contributed by atoms with Crippen molar-refractivity contribution in [1.82, 2.24) is 5.32 Å². The number of ether oxygens (including phenoxy) is 1. The predicted octanol–water partition coefficient (Wildman–Crippen LogP) is 2.89. The second-order valence-corrected chi connectivity index (χ2v) is 3.79. The maximum atomic E-state index is 12.9. The highest BCUT2D eigenvalue weighted by Gasteiger charge is 2.11. The maximum absolute atomic E-state index is 12.9. The van der Waals surface area contributed by atoms with Crippen LogP contribution in [0.1, 0.15) is 25.3 Å². The van der Waals surface area contributed by atoms with Crippen LogP contribution in [0.5, 0.6) is 5.75 Å². The lowest BCUT2D eigenvalue weighted by atomic mass is 10.1. The number of nitrogens with zero attached hydrogens (tertiary/aromatic N) is 1. The van der Waals surface area contributed by atoms with Gasteiger partial charge in [-0.25, -0.2) is 4.39 Å². The van der Waals surface area contributed by atoms with Crippen molar-refractivity contribution in [2.24, 2.45) is 0 Å². The van der Waals surface area contributed by atoms with E-state index in [4.69, 9.17) is 10.00 Å². The molecule has 3 nitrogen and oxygen atoms in total. The Morgan fingerprint density at radius 1 is 1.50 bits per heavy atom. The summed E-state index contributed by atoms with van der Waals surface area (Å²) in [5.41, 5.74) is 0.243. The smallest absolute Gasteiger partial charge is 0.137 e. The number of rotatable bonds is 6. The highest BCUT2D eigenvalue weighted by molar-refractivity contribution is 5.85. The van der Waals surface area contributed by atoms with Crippen LogP contribution in [0.2, 0.25) is 0 Å². The van der Waals surface area contributed by atoms with Crippen molar-refractivity contribution in [1.29, 1.82) is 5.26 Å². The molecular weight excluding hydrogens is 255 g/mol. The summed E-state index contributed by atoms with van der Waals surface area (Å²) in [5.74, 6) is 0.0361. The molecule has 0 radical (unpaired) electrons. The predicted molar refractivity (Wildman–Crippen MR) is 71.6 cm³/mol. The molecule has 1 N–H and O–H groups in total. The lowest BCUT2D eigenvalue weighted by Gasteiger charge is -2.18. The van der Waals surface area contributed by atoms with E-state index in [1.807, 2.05) is 20.0 Å². The van der Waals surface area contributed by atoms with Gasteiger partial charge in [0.25, 0.3) is 0 Å². The fraction of sp³-hybridized carbons (Fsp3) is 0.462. The van der Waals surface area contributed by atoms with Gasteiger partial charge in [0.1, 0.15) is 17.6 Å². The fourth-order valence-electron chi connectivity index (χ4n) is 1.52. The SMILES string of the molecule is CCC(CCNC)Oc1ccc(F)cc1C#N.Cl. The van der Waals surface area contributed by atoms with Crippen LogP contribution in [0.25, 0.3) is 0 Å². The molecule has 0 spiro atoms. The Hall–Kier alpha value is -1.31. The van der Waals surface area contributed by atoms with Gasteiger partial charge in [0.2, 0.25) is 0 Å². The van der Waals surface area contributed by atoms with E-state index in [0.717, 1.165) is 19.4 Å². The normalized spacial score (nSPS) is 11.2. The molecule has 0 saturated heterocycles. The molecule has 5 heteroatoms. The molecule has 1 rings (SSSR count). The zero-order valence-electron chi connectivity index (χ0n) is 10.6. The molecule has 1 aromatic carbocycles. The molecule has 0 heterocycles. The van der Waals surface area contributed by atoms with Crippen molar-refractivity contribution >= 4 is 12.4 Å². The van der Waals surface area contributed by atoms with Crippen LogP contribution in [-0.4, -0.2) is 19.7 Å². The van der Waals surface area contributed by atoms with Crippen LogP contribution in [0.15, 0.2) is 18.2 Å². The zero-order chi connectivity index (χ0) is 12.7. The van der Waals surface area contributed by atoms with E-state index in [1.54, 1.807) is 0 Å². The monoisotopic (exact) mass is 272 g/mol. The van der Waals surface area contributed by atoms with Crippen LogP contribution in [0.3, 0.4) is 0 Å². The summed E-state index contributed by atoms with van der Waals surface area (Å²) in [7, 11) is 1.88. The number of nitriles is 1. The van der Waals surface area contributed by atoms with Gasteiger partial charge in [-0.2, -0.15) is 5.26 Å². The van der Waals surface area contributed by atoms with Crippen molar-refractivity contribution in [2.75, 3.05) is 13.6 Å². The summed E-state index contributed by atoms with van der Waals surface area (Å²) in [6.45, 7) is 2.87. The molecule has 0 amide bonds. The quantitative estimate of drug-likeness (QED) is 0.866. The molecule has 0 bridgehead atoms. The Balaban J connectivity index is 0.00000289. The first kappa shape index (κ1) is 16.7. The number of halogens is 2. The van der Waals surface area contributed by atoms with Crippen molar-refractivity contribution in [3.63, 3.8) is 0 Å². The summed E-state index contributed by atoms with van der Waals surface area (Å²) in [6, 6.07) is 5.95. The average Bonchev–Trinajstić information content (AvgIpc) is 2.35. The number of benzene rings is 1. The maximum Gasteiger partial charge on any atom is 0.137 e. The van der Waals surface area contributed by atoms with Gasteiger partial charge >= 0.3 is 0 Å². The van der Waals surface area contributed by atoms with Crippen LogP contribution >= 0.6 is 12.4 Å². The number of hydrogen-bond acceptors (Lipinski definition) is 3. The summed E-state index contributed by atoms with van der Waals surface area (Å²) < 4.78 is 18.7. The topological polar surface area (TPSA) is 45.0 Å². The molecule has 0 aromatic heterocycles. The van der Waals surface area contributed by atoms with Crippen LogP contribution in [0, 0.1) is 17.1 Å². The van der Waals surface area contributed by atoms with Gasteiger partial charge in [0.15, 0.2) is 0 Å². The van der Waals surface area contributed by atoms with Gasteiger partial charge in [-0.05, 0) is 44.6 Å². The lowest BCUT2D eigenvalue weighted by molar-refractivity contribution is 0.186. The molecule has 1 atom stereocenters. The van der Waals surface area contributed by atoms with E-state index < -0.39 is 5.82 Å². The van der Waals surface area contributed by atoms with Gasteiger partial charge in [0.05, 0.1) is 11.7 Å². The second kappa shape index (κ2) is 8.73. The summed E-state index contributed by atoms with van der Waals surface area (Å²) in [5, 5.41) is 11.9. The Bertz CT molecular complexity index is 406. The molecule has 0 aliphatic carbocycles. The van der Waals surface area contributed by atoms with Crippen molar-refractivity contribution in [2.45, 2.75) is 25.9 Å². The zero-order valence-corrected chi connectivity index (χ0v) is 11.4. The summed E-state index contributed by atoms with van der Waals surface area (Å²) >= 11 is 0. The third kappa shape index (κ3) is 4.91. The molecule has 0 fully saturated rings. The lowest BCUT2D eigenvalue weighted by Crippen LogP contribution is -2.22. The van der Waals surface area contributed by atoms with Gasteiger partial charge < -0.3 is 10.1 Å². The standard InChI is InChI=1S/C13H17FN2O.ClH/c1-3-12(6-7-16-2)17-13-5-4-11(14)8-10(13)9-15;/h4-5,8,12,16H,3,6-7H2,1-2H3;1H. The molecule has 18 heavy (non-hydrogen) atoms. The Kier molecular flexibility index (Phi) is 8.10.